The summed E-state index contributed by atoms with van der Waals surface area (Å²) in [6.07, 6.45) is -0.491. The van der Waals surface area contributed by atoms with Gasteiger partial charge in [0.15, 0.2) is 0 Å². The fraction of sp³-hybridized carbons (Fsp3) is 0.889. The molecule has 1 rings (SSSR count). The van der Waals surface area contributed by atoms with Crippen molar-refractivity contribution >= 4 is 27.4 Å². The lowest BCUT2D eigenvalue weighted by atomic mass is 10.2. The first-order valence-electron chi connectivity index (χ1n) is 5.48. The second kappa shape index (κ2) is 6.05. The summed E-state index contributed by atoms with van der Waals surface area (Å²) >= 11 is 4.81. The van der Waals surface area contributed by atoms with Crippen LogP contribution < -0.4 is 10.5 Å². The maximum absolute atomic E-state index is 11.9. The van der Waals surface area contributed by atoms with E-state index >= 15 is 0 Å². The molecule has 0 aromatic heterocycles. The summed E-state index contributed by atoms with van der Waals surface area (Å²) in [7, 11) is -3.46. The van der Waals surface area contributed by atoms with Crippen LogP contribution in [0.3, 0.4) is 0 Å². The Morgan fingerprint density at radius 3 is 2.82 bits per heavy atom. The van der Waals surface area contributed by atoms with Crippen molar-refractivity contribution < 1.29 is 13.2 Å². The van der Waals surface area contributed by atoms with Crippen LogP contribution in [0.4, 0.5) is 0 Å². The van der Waals surface area contributed by atoms with Gasteiger partial charge in [-0.2, -0.15) is 12.7 Å². The number of ether oxygens (including phenoxy) is 1. The van der Waals surface area contributed by atoms with Gasteiger partial charge in [0.2, 0.25) is 0 Å². The average molecular weight is 281 g/mol. The minimum Gasteiger partial charge on any atom is -0.391 e. The molecule has 0 radical (unpaired) electrons. The lowest BCUT2D eigenvalue weighted by Crippen LogP contribution is -2.53. The molecule has 1 saturated heterocycles. The van der Waals surface area contributed by atoms with Gasteiger partial charge in [0.05, 0.1) is 6.61 Å². The van der Waals surface area contributed by atoms with E-state index in [1.165, 1.54) is 4.31 Å². The summed E-state index contributed by atoms with van der Waals surface area (Å²) in [4.78, 5) is 0.189. The van der Waals surface area contributed by atoms with Gasteiger partial charge in [-0.15, -0.1) is 0 Å². The van der Waals surface area contributed by atoms with Crippen molar-refractivity contribution in [3.8, 4) is 0 Å². The first-order chi connectivity index (χ1) is 7.83. The number of nitrogens with two attached hydrogens (primary N) is 1. The Bertz CT molecular complexity index is 370. The van der Waals surface area contributed by atoms with Crippen molar-refractivity contribution in [3.05, 3.63) is 0 Å². The minimum absolute atomic E-state index is 0.183. The van der Waals surface area contributed by atoms with E-state index in [2.05, 4.69) is 4.72 Å². The second-order valence-corrected chi connectivity index (χ2v) is 6.59. The highest BCUT2D eigenvalue weighted by Gasteiger charge is 2.30. The summed E-state index contributed by atoms with van der Waals surface area (Å²) < 4.78 is 33.0. The van der Waals surface area contributed by atoms with Gasteiger partial charge < -0.3 is 10.5 Å². The molecular weight excluding hydrogens is 262 g/mol. The van der Waals surface area contributed by atoms with Crippen LogP contribution in [-0.4, -0.2) is 50.1 Å². The lowest BCUT2D eigenvalue weighted by molar-refractivity contribution is 0.0381. The fourth-order valence-electron chi connectivity index (χ4n) is 1.38. The molecule has 3 N–H and O–H groups in total. The molecule has 1 atom stereocenters. The zero-order valence-corrected chi connectivity index (χ0v) is 11.7. The van der Waals surface area contributed by atoms with Crippen molar-refractivity contribution in [1.29, 1.82) is 0 Å². The zero-order chi connectivity index (χ0) is 13.1. The zero-order valence-electron chi connectivity index (χ0n) is 10.0. The topological polar surface area (TPSA) is 84.7 Å². The minimum atomic E-state index is -3.46. The van der Waals surface area contributed by atoms with E-state index in [-0.39, 0.29) is 17.5 Å². The predicted molar refractivity (Wildman–Crippen MR) is 69.9 cm³/mol. The van der Waals surface area contributed by atoms with Gasteiger partial charge in [0.25, 0.3) is 10.2 Å². The summed E-state index contributed by atoms with van der Waals surface area (Å²) in [5.74, 6) is 0.261. The van der Waals surface area contributed by atoms with Gasteiger partial charge in [0, 0.05) is 19.6 Å². The van der Waals surface area contributed by atoms with Crippen LogP contribution in [0.25, 0.3) is 0 Å². The van der Waals surface area contributed by atoms with Crippen LogP contribution >= 0.6 is 12.2 Å². The predicted octanol–water partition coefficient (Wildman–Crippen LogP) is -0.536. The van der Waals surface area contributed by atoms with Crippen molar-refractivity contribution in [2.24, 2.45) is 11.7 Å². The number of rotatable bonds is 5. The first-order valence-corrected chi connectivity index (χ1v) is 7.33. The summed E-state index contributed by atoms with van der Waals surface area (Å²) in [6.45, 7) is 5.12. The third kappa shape index (κ3) is 4.47. The van der Waals surface area contributed by atoms with E-state index < -0.39 is 16.3 Å². The SMILES string of the molecule is CC(C)CNS(=O)(=O)N1CCOC(C(N)=S)C1. The van der Waals surface area contributed by atoms with Gasteiger partial charge in [-0.05, 0) is 5.92 Å². The number of hydrogen-bond donors (Lipinski definition) is 2. The number of morpholine rings is 1. The Hall–Kier alpha value is -0.280. The summed E-state index contributed by atoms with van der Waals surface area (Å²) in [5.41, 5.74) is 5.46. The molecule has 0 aliphatic carbocycles. The Labute approximate surface area is 108 Å². The van der Waals surface area contributed by atoms with Crippen molar-refractivity contribution in [2.45, 2.75) is 20.0 Å². The van der Waals surface area contributed by atoms with Gasteiger partial charge in [-0.1, -0.05) is 26.1 Å². The highest BCUT2D eigenvalue weighted by molar-refractivity contribution is 7.87. The number of nitrogens with one attached hydrogen (secondary N) is 1. The smallest absolute Gasteiger partial charge is 0.279 e. The molecule has 6 nitrogen and oxygen atoms in total. The Morgan fingerprint density at radius 2 is 2.29 bits per heavy atom. The number of nitrogens with zero attached hydrogens (tertiary/aromatic N) is 1. The normalized spacial score (nSPS) is 22.9. The van der Waals surface area contributed by atoms with Crippen molar-refractivity contribution in [3.63, 3.8) is 0 Å². The third-order valence-corrected chi connectivity index (χ3v) is 4.17. The third-order valence-electron chi connectivity index (χ3n) is 2.36. The van der Waals surface area contributed by atoms with Gasteiger partial charge in [0.1, 0.15) is 11.1 Å². The van der Waals surface area contributed by atoms with Crippen LogP contribution in [0.1, 0.15) is 13.8 Å². The molecule has 0 bridgehead atoms. The van der Waals surface area contributed by atoms with Crippen molar-refractivity contribution in [2.75, 3.05) is 26.2 Å². The average Bonchev–Trinajstić information content (AvgIpc) is 2.27. The van der Waals surface area contributed by atoms with E-state index in [9.17, 15) is 8.42 Å². The molecule has 17 heavy (non-hydrogen) atoms. The molecule has 1 fully saturated rings. The van der Waals surface area contributed by atoms with Crippen LogP contribution in [0.15, 0.2) is 0 Å². The second-order valence-electron chi connectivity index (χ2n) is 4.37. The first kappa shape index (κ1) is 14.8. The van der Waals surface area contributed by atoms with E-state index in [0.717, 1.165) is 0 Å². The van der Waals surface area contributed by atoms with Crippen LogP contribution in [0.2, 0.25) is 0 Å². The molecule has 0 aromatic carbocycles. The Morgan fingerprint density at radius 1 is 1.65 bits per heavy atom. The van der Waals surface area contributed by atoms with E-state index in [4.69, 9.17) is 22.7 Å². The quantitative estimate of drug-likeness (QED) is 0.661. The summed E-state index contributed by atoms with van der Waals surface area (Å²) in [6, 6.07) is 0. The molecule has 1 aliphatic rings. The monoisotopic (exact) mass is 281 g/mol. The maximum Gasteiger partial charge on any atom is 0.279 e. The van der Waals surface area contributed by atoms with Crippen LogP contribution in [-0.2, 0) is 14.9 Å². The molecule has 1 unspecified atom stereocenters. The van der Waals surface area contributed by atoms with Crippen LogP contribution in [0.5, 0.6) is 0 Å². The highest BCUT2D eigenvalue weighted by atomic mass is 32.2. The molecule has 0 spiro atoms. The molecule has 1 aliphatic heterocycles. The van der Waals surface area contributed by atoms with E-state index in [1.807, 2.05) is 13.8 Å². The molecule has 0 amide bonds. The molecular formula is C9H19N3O3S2. The Balaban J connectivity index is 2.62. The van der Waals surface area contributed by atoms with E-state index in [0.29, 0.717) is 19.7 Å². The Kier molecular flexibility index (Phi) is 5.26. The lowest BCUT2D eigenvalue weighted by Gasteiger charge is -2.31. The molecule has 1 heterocycles. The van der Waals surface area contributed by atoms with Gasteiger partial charge >= 0.3 is 0 Å². The molecule has 0 aromatic rings. The van der Waals surface area contributed by atoms with Crippen molar-refractivity contribution in [1.82, 2.24) is 9.03 Å². The van der Waals surface area contributed by atoms with Crippen LogP contribution in [0, 0.1) is 5.92 Å². The van der Waals surface area contributed by atoms with Gasteiger partial charge in [-0.25, -0.2) is 4.72 Å². The number of hydrogen-bond acceptors (Lipinski definition) is 4. The highest BCUT2D eigenvalue weighted by Crippen LogP contribution is 2.09. The number of thiocarbonyl (C=S) groups is 1. The summed E-state index contributed by atoms with van der Waals surface area (Å²) in [5, 5.41) is 0. The van der Waals surface area contributed by atoms with E-state index in [1.54, 1.807) is 0 Å². The molecule has 8 heteroatoms. The standard InChI is InChI=1S/C9H19N3O3S2/c1-7(2)5-11-17(13,14)12-3-4-15-8(6-12)9(10)16/h7-8,11H,3-6H2,1-2H3,(H2,10,16). The molecule has 0 saturated carbocycles. The fourth-order valence-corrected chi connectivity index (χ4v) is 2.90. The van der Waals surface area contributed by atoms with Gasteiger partial charge in [-0.3, -0.25) is 0 Å². The largest absolute Gasteiger partial charge is 0.391 e. The molecule has 100 valence electrons. The maximum atomic E-state index is 11.9.